The number of quaternary nitrogens is 1. The second kappa shape index (κ2) is 2.89. The van der Waals surface area contributed by atoms with Crippen molar-refractivity contribution < 1.29 is 9.69 Å². The van der Waals surface area contributed by atoms with E-state index in [0.29, 0.717) is 0 Å². The molecule has 0 aromatic heterocycles. The van der Waals surface area contributed by atoms with Crippen molar-refractivity contribution in [2.24, 2.45) is 5.92 Å². The van der Waals surface area contributed by atoms with Gasteiger partial charge in [0.25, 0.3) is 0 Å². The number of amides is 1. The highest BCUT2D eigenvalue weighted by Gasteiger charge is 2.55. The molecule has 4 fully saturated rings. The predicted octanol–water partition coefficient (Wildman–Crippen LogP) is -0.757. The van der Waals surface area contributed by atoms with Gasteiger partial charge in [-0.05, 0) is 6.92 Å². The molecule has 4 aliphatic heterocycles. The maximum atomic E-state index is 11.6. The highest BCUT2D eigenvalue weighted by atomic mass is 32.2. The summed E-state index contributed by atoms with van der Waals surface area (Å²) in [6.07, 6.45) is 2.60. The first-order valence-electron chi connectivity index (χ1n) is 5.53. The van der Waals surface area contributed by atoms with Crippen LogP contribution >= 0.6 is 11.8 Å². The van der Waals surface area contributed by atoms with Crippen LogP contribution in [0.25, 0.3) is 0 Å². The maximum Gasteiger partial charge on any atom is 0.234 e. The number of thioether (sulfide) groups is 1. The summed E-state index contributed by atoms with van der Waals surface area (Å²) in [6.45, 7) is 5.81. The van der Waals surface area contributed by atoms with E-state index in [0.717, 1.165) is 12.5 Å². The maximum absolute atomic E-state index is 11.6. The molecular weight excluding hydrogens is 196 g/mol. The van der Waals surface area contributed by atoms with Gasteiger partial charge in [-0.2, -0.15) is 0 Å². The van der Waals surface area contributed by atoms with Crippen molar-refractivity contribution in [1.82, 2.24) is 5.32 Å². The molecular formula is C10H17N2OS+. The zero-order chi connectivity index (χ0) is 9.76. The van der Waals surface area contributed by atoms with Crippen LogP contribution in [0.15, 0.2) is 0 Å². The van der Waals surface area contributed by atoms with Gasteiger partial charge in [-0.1, -0.05) is 0 Å². The number of rotatable bonds is 0. The van der Waals surface area contributed by atoms with Crippen LogP contribution in [0.1, 0.15) is 19.8 Å². The van der Waals surface area contributed by atoms with E-state index in [-0.39, 0.29) is 16.0 Å². The number of carbonyl (C=O) groups excluding carboxylic acids is 1. The fourth-order valence-electron chi connectivity index (χ4n) is 3.18. The van der Waals surface area contributed by atoms with Gasteiger partial charge in [0.05, 0.1) is 18.3 Å². The average Bonchev–Trinajstić information content (AvgIpc) is 2.43. The summed E-state index contributed by atoms with van der Waals surface area (Å²) in [5.74, 6) is 0.988. The average molecular weight is 213 g/mol. The van der Waals surface area contributed by atoms with Gasteiger partial charge < -0.3 is 10.2 Å². The first-order valence-corrected chi connectivity index (χ1v) is 6.41. The summed E-state index contributed by atoms with van der Waals surface area (Å²) in [5.41, 5.74) is 0. The molecule has 3 nitrogen and oxygen atoms in total. The van der Waals surface area contributed by atoms with Crippen LogP contribution in [0.3, 0.4) is 0 Å². The number of piperidine rings is 3. The fourth-order valence-corrected chi connectivity index (χ4v) is 4.85. The van der Waals surface area contributed by atoms with Crippen molar-refractivity contribution in [3.63, 3.8) is 0 Å². The largest absolute Gasteiger partial charge is 0.335 e. The van der Waals surface area contributed by atoms with Gasteiger partial charge in [-0.3, -0.25) is 4.79 Å². The minimum Gasteiger partial charge on any atom is -0.335 e. The third-order valence-electron chi connectivity index (χ3n) is 3.96. The second-order valence-electron chi connectivity index (χ2n) is 4.84. The SMILES string of the molecule is C[C@@H]1S[C@]2(C[NH+]3CCC2CC3)NC1=O. The first-order chi connectivity index (χ1) is 6.70. The summed E-state index contributed by atoms with van der Waals surface area (Å²) >= 11 is 1.88. The van der Waals surface area contributed by atoms with E-state index in [1.165, 1.54) is 25.9 Å². The van der Waals surface area contributed by atoms with E-state index in [1.54, 1.807) is 4.90 Å². The first kappa shape index (κ1) is 9.04. The molecule has 78 valence electrons. The molecule has 0 saturated carbocycles. The van der Waals surface area contributed by atoms with Crippen molar-refractivity contribution in [2.75, 3.05) is 19.6 Å². The van der Waals surface area contributed by atoms with E-state index >= 15 is 0 Å². The molecule has 0 radical (unpaired) electrons. The van der Waals surface area contributed by atoms with E-state index in [9.17, 15) is 4.79 Å². The van der Waals surface area contributed by atoms with Crippen molar-refractivity contribution in [3.8, 4) is 0 Å². The zero-order valence-electron chi connectivity index (χ0n) is 8.51. The molecule has 2 atom stereocenters. The number of hydrogen-bond acceptors (Lipinski definition) is 2. The lowest BCUT2D eigenvalue weighted by Crippen LogP contribution is -3.18. The minimum atomic E-state index is 0.113. The van der Waals surface area contributed by atoms with Gasteiger partial charge in [-0.15, -0.1) is 11.8 Å². The lowest BCUT2D eigenvalue weighted by Gasteiger charge is -2.47. The standard InChI is InChI=1S/C10H16N2OS/c1-7-9(13)11-10(14-7)6-12-4-2-8(10)3-5-12/h7-8H,2-6H2,1H3,(H,11,13)/p+1/t7-,10-/m0/s1. The normalized spacial score (nSPS) is 51.2. The number of carbonyl (C=O) groups is 1. The summed E-state index contributed by atoms with van der Waals surface area (Å²) in [5, 5.41) is 3.42. The number of fused-ring (bicyclic) bond motifs is 2. The molecule has 4 rings (SSSR count). The third kappa shape index (κ3) is 1.13. The molecule has 2 bridgehead atoms. The fraction of sp³-hybridized carbons (Fsp3) is 0.900. The lowest BCUT2D eigenvalue weighted by molar-refractivity contribution is -0.919. The molecule has 4 saturated heterocycles. The summed E-state index contributed by atoms with van der Waals surface area (Å²) in [6, 6.07) is 0. The molecule has 4 heterocycles. The Morgan fingerprint density at radius 1 is 1.50 bits per heavy atom. The van der Waals surface area contributed by atoms with Gasteiger partial charge >= 0.3 is 0 Å². The third-order valence-corrected chi connectivity index (χ3v) is 5.52. The van der Waals surface area contributed by atoms with Crippen LogP contribution in [-0.4, -0.2) is 35.7 Å². The Morgan fingerprint density at radius 2 is 2.21 bits per heavy atom. The Labute approximate surface area is 88.6 Å². The molecule has 1 spiro atoms. The van der Waals surface area contributed by atoms with E-state index in [4.69, 9.17) is 0 Å². The Hall–Kier alpha value is -0.220. The van der Waals surface area contributed by atoms with Gasteiger partial charge in [0.15, 0.2) is 0 Å². The van der Waals surface area contributed by atoms with Crippen LogP contribution in [0.2, 0.25) is 0 Å². The quantitative estimate of drug-likeness (QED) is 0.555. The van der Waals surface area contributed by atoms with E-state index in [1.807, 2.05) is 18.7 Å². The molecule has 4 heteroatoms. The zero-order valence-corrected chi connectivity index (χ0v) is 9.32. The highest BCUT2D eigenvalue weighted by Crippen LogP contribution is 2.43. The number of hydrogen-bond donors (Lipinski definition) is 2. The van der Waals surface area contributed by atoms with Gasteiger partial charge in [-0.25, -0.2) is 0 Å². The molecule has 0 aliphatic carbocycles. The van der Waals surface area contributed by atoms with Crippen LogP contribution in [0, 0.1) is 5.92 Å². The van der Waals surface area contributed by atoms with Gasteiger partial charge in [0, 0.05) is 18.8 Å². The Balaban J connectivity index is 1.87. The monoisotopic (exact) mass is 213 g/mol. The predicted molar refractivity (Wildman–Crippen MR) is 56.2 cm³/mol. The molecule has 0 aromatic rings. The molecule has 4 aliphatic rings. The lowest BCUT2D eigenvalue weighted by atomic mass is 9.83. The highest BCUT2D eigenvalue weighted by molar-refractivity contribution is 8.02. The molecule has 1 amide bonds. The van der Waals surface area contributed by atoms with Crippen molar-refractivity contribution in [3.05, 3.63) is 0 Å². The van der Waals surface area contributed by atoms with E-state index < -0.39 is 0 Å². The molecule has 2 N–H and O–H groups in total. The Kier molecular flexibility index (Phi) is 1.86. The van der Waals surface area contributed by atoms with Crippen LogP contribution in [0.5, 0.6) is 0 Å². The summed E-state index contributed by atoms with van der Waals surface area (Å²) < 4.78 is 0. The van der Waals surface area contributed by atoms with Crippen molar-refractivity contribution in [1.29, 1.82) is 0 Å². The Bertz CT molecular complexity index is 275. The topological polar surface area (TPSA) is 33.5 Å². The summed E-state index contributed by atoms with van der Waals surface area (Å²) in [7, 11) is 0. The van der Waals surface area contributed by atoms with Crippen LogP contribution in [0.4, 0.5) is 0 Å². The smallest absolute Gasteiger partial charge is 0.234 e. The van der Waals surface area contributed by atoms with Gasteiger partial charge in [0.2, 0.25) is 5.91 Å². The van der Waals surface area contributed by atoms with Gasteiger partial charge in [0.1, 0.15) is 11.4 Å². The molecule has 0 aromatic carbocycles. The van der Waals surface area contributed by atoms with Crippen LogP contribution < -0.4 is 10.2 Å². The van der Waals surface area contributed by atoms with Crippen molar-refractivity contribution in [2.45, 2.75) is 29.9 Å². The molecule has 14 heavy (non-hydrogen) atoms. The minimum absolute atomic E-state index is 0.113. The van der Waals surface area contributed by atoms with Crippen LogP contribution in [-0.2, 0) is 4.79 Å². The van der Waals surface area contributed by atoms with E-state index in [2.05, 4.69) is 5.32 Å². The van der Waals surface area contributed by atoms with Crippen molar-refractivity contribution >= 4 is 17.7 Å². The number of nitrogens with one attached hydrogen (secondary N) is 2. The summed E-state index contributed by atoms with van der Waals surface area (Å²) in [4.78, 5) is 13.4. The second-order valence-corrected chi connectivity index (χ2v) is 6.51. The Morgan fingerprint density at radius 3 is 2.64 bits per heavy atom. The molecule has 0 unspecified atom stereocenters.